The SMILES string of the molecule is CC(C)(c1ncc(-c2ccccc2)[nH]1)c1ncc(-c2ccccc2)[nH]1. The number of hydrogen-bond acceptors (Lipinski definition) is 2. The summed E-state index contributed by atoms with van der Waals surface area (Å²) >= 11 is 0. The monoisotopic (exact) mass is 328 g/mol. The third-order valence-corrected chi connectivity index (χ3v) is 4.51. The van der Waals surface area contributed by atoms with Gasteiger partial charge in [0.25, 0.3) is 0 Å². The fourth-order valence-electron chi connectivity index (χ4n) is 2.92. The molecule has 0 aliphatic carbocycles. The standard InChI is InChI=1S/C21H20N4/c1-21(2,19-22-13-17(24-19)15-9-5-3-6-10-15)20-23-14-18(25-20)16-11-7-4-8-12-16/h3-14H,1-2H3,(H,22,24)(H,23,25). The third kappa shape index (κ3) is 2.87. The third-order valence-electron chi connectivity index (χ3n) is 4.51. The second kappa shape index (κ2) is 6.06. The second-order valence-corrected chi connectivity index (χ2v) is 6.65. The zero-order chi connectivity index (χ0) is 17.3. The highest BCUT2D eigenvalue weighted by molar-refractivity contribution is 5.59. The summed E-state index contributed by atoms with van der Waals surface area (Å²) in [5.41, 5.74) is 3.93. The molecule has 4 nitrogen and oxygen atoms in total. The number of aromatic amines is 2. The van der Waals surface area contributed by atoms with Crippen LogP contribution in [-0.4, -0.2) is 19.9 Å². The van der Waals surface area contributed by atoms with E-state index >= 15 is 0 Å². The summed E-state index contributed by atoms with van der Waals surface area (Å²) in [6.45, 7) is 4.24. The van der Waals surface area contributed by atoms with E-state index in [1.54, 1.807) is 0 Å². The van der Waals surface area contributed by atoms with Crippen molar-refractivity contribution in [3.05, 3.63) is 84.7 Å². The maximum absolute atomic E-state index is 4.61. The Hall–Kier alpha value is -3.14. The highest BCUT2D eigenvalue weighted by atomic mass is 15.0. The van der Waals surface area contributed by atoms with E-state index in [1.165, 1.54) is 0 Å². The first-order chi connectivity index (χ1) is 12.1. The van der Waals surface area contributed by atoms with Crippen LogP contribution < -0.4 is 0 Å². The number of rotatable bonds is 4. The number of aromatic nitrogens is 4. The van der Waals surface area contributed by atoms with E-state index in [9.17, 15) is 0 Å². The Morgan fingerprint density at radius 2 is 1.04 bits per heavy atom. The molecule has 2 aromatic carbocycles. The van der Waals surface area contributed by atoms with Crippen molar-refractivity contribution in [2.75, 3.05) is 0 Å². The minimum Gasteiger partial charge on any atom is -0.341 e. The molecule has 0 fully saturated rings. The molecule has 0 aliphatic heterocycles. The lowest BCUT2D eigenvalue weighted by atomic mass is 9.91. The van der Waals surface area contributed by atoms with Crippen molar-refractivity contribution in [3.63, 3.8) is 0 Å². The van der Waals surface area contributed by atoms with Crippen LogP contribution in [0.1, 0.15) is 25.5 Å². The zero-order valence-electron chi connectivity index (χ0n) is 14.3. The summed E-state index contributed by atoms with van der Waals surface area (Å²) in [5, 5.41) is 0. The van der Waals surface area contributed by atoms with Crippen LogP contribution in [0.2, 0.25) is 0 Å². The van der Waals surface area contributed by atoms with E-state index < -0.39 is 0 Å². The normalized spacial score (nSPS) is 11.6. The summed E-state index contributed by atoms with van der Waals surface area (Å²) in [7, 11) is 0. The van der Waals surface area contributed by atoms with E-state index in [1.807, 2.05) is 48.8 Å². The van der Waals surface area contributed by atoms with Crippen LogP contribution in [0.3, 0.4) is 0 Å². The Labute approximate surface area is 147 Å². The van der Waals surface area contributed by atoms with E-state index in [2.05, 4.69) is 58.0 Å². The molecule has 124 valence electrons. The molecule has 0 amide bonds. The lowest BCUT2D eigenvalue weighted by Gasteiger charge is -2.19. The Bertz CT molecular complexity index is 886. The van der Waals surface area contributed by atoms with Crippen LogP contribution in [0.15, 0.2) is 73.1 Å². The van der Waals surface area contributed by atoms with Crippen molar-refractivity contribution in [1.29, 1.82) is 0 Å². The first-order valence-electron chi connectivity index (χ1n) is 8.36. The van der Waals surface area contributed by atoms with Crippen molar-refractivity contribution in [2.45, 2.75) is 19.3 Å². The molecular formula is C21H20N4. The van der Waals surface area contributed by atoms with Crippen molar-refractivity contribution in [1.82, 2.24) is 19.9 Å². The van der Waals surface area contributed by atoms with Gasteiger partial charge in [0.15, 0.2) is 0 Å². The number of H-pyrrole nitrogens is 2. The minimum absolute atomic E-state index is 0.347. The van der Waals surface area contributed by atoms with Crippen molar-refractivity contribution in [3.8, 4) is 22.5 Å². The quantitative estimate of drug-likeness (QED) is 0.566. The molecule has 0 saturated carbocycles. The van der Waals surface area contributed by atoms with Crippen LogP contribution in [0.25, 0.3) is 22.5 Å². The van der Waals surface area contributed by atoms with Gasteiger partial charge in [0.05, 0.1) is 29.2 Å². The lowest BCUT2D eigenvalue weighted by molar-refractivity contribution is 0.563. The van der Waals surface area contributed by atoms with Crippen molar-refractivity contribution in [2.24, 2.45) is 0 Å². The molecule has 0 spiro atoms. The molecule has 0 bridgehead atoms. The predicted molar refractivity (Wildman–Crippen MR) is 100 cm³/mol. The number of hydrogen-bond donors (Lipinski definition) is 2. The smallest absolute Gasteiger partial charge is 0.119 e. The van der Waals surface area contributed by atoms with Gasteiger partial charge in [-0.25, -0.2) is 9.97 Å². The van der Waals surface area contributed by atoms with Crippen LogP contribution in [0.4, 0.5) is 0 Å². The van der Waals surface area contributed by atoms with E-state index in [0.717, 1.165) is 34.2 Å². The van der Waals surface area contributed by atoms with E-state index in [0.29, 0.717) is 0 Å². The Morgan fingerprint density at radius 1 is 0.640 bits per heavy atom. The van der Waals surface area contributed by atoms with E-state index in [4.69, 9.17) is 0 Å². The van der Waals surface area contributed by atoms with Crippen LogP contribution in [0.5, 0.6) is 0 Å². The molecule has 0 atom stereocenters. The number of benzene rings is 2. The molecule has 4 aromatic rings. The zero-order valence-corrected chi connectivity index (χ0v) is 14.3. The van der Waals surface area contributed by atoms with Crippen molar-refractivity contribution >= 4 is 0 Å². The molecule has 0 saturated heterocycles. The first-order valence-corrected chi connectivity index (χ1v) is 8.36. The van der Waals surface area contributed by atoms with Gasteiger partial charge in [0, 0.05) is 0 Å². The van der Waals surface area contributed by atoms with Gasteiger partial charge in [-0.1, -0.05) is 60.7 Å². The number of nitrogens with one attached hydrogen (secondary N) is 2. The van der Waals surface area contributed by atoms with Gasteiger partial charge in [-0.2, -0.15) is 0 Å². The molecule has 2 heterocycles. The summed E-state index contributed by atoms with van der Waals surface area (Å²) in [6, 6.07) is 20.4. The van der Waals surface area contributed by atoms with Gasteiger partial charge in [0.1, 0.15) is 11.6 Å². The van der Waals surface area contributed by atoms with Crippen LogP contribution in [0, 0.1) is 0 Å². The van der Waals surface area contributed by atoms with Gasteiger partial charge >= 0.3 is 0 Å². The molecule has 4 rings (SSSR count). The topological polar surface area (TPSA) is 57.4 Å². The van der Waals surface area contributed by atoms with E-state index in [-0.39, 0.29) is 5.41 Å². The molecule has 0 aliphatic rings. The molecule has 0 radical (unpaired) electrons. The molecule has 2 N–H and O–H groups in total. The fourth-order valence-corrected chi connectivity index (χ4v) is 2.92. The molecule has 4 heteroatoms. The predicted octanol–water partition coefficient (Wildman–Crippen LogP) is 4.79. The summed E-state index contributed by atoms with van der Waals surface area (Å²) in [4.78, 5) is 16.1. The van der Waals surface area contributed by atoms with Gasteiger partial charge in [-0.05, 0) is 25.0 Å². The maximum atomic E-state index is 4.61. The minimum atomic E-state index is -0.347. The lowest BCUT2D eigenvalue weighted by Crippen LogP contribution is -2.22. The Kier molecular flexibility index (Phi) is 3.73. The highest BCUT2D eigenvalue weighted by Gasteiger charge is 2.30. The van der Waals surface area contributed by atoms with Gasteiger partial charge in [-0.3, -0.25) is 0 Å². The summed E-state index contributed by atoms with van der Waals surface area (Å²) < 4.78 is 0. The molecule has 2 aromatic heterocycles. The number of nitrogens with zero attached hydrogens (tertiary/aromatic N) is 2. The highest BCUT2D eigenvalue weighted by Crippen LogP contribution is 2.30. The maximum Gasteiger partial charge on any atom is 0.119 e. The van der Waals surface area contributed by atoms with Gasteiger partial charge < -0.3 is 9.97 Å². The van der Waals surface area contributed by atoms with Gasteiger partial charge in [-0.15, -0.1) is 0 Å². The van der Waals surface area contributed by atoms with Crippen LogP contribution >= 0.6 is 0 Å². The second-order valence-electron chi connectivity index (χ2n) is 6.65. The Balaban J connectivity index is 1.66. The average molecular weight is 328 g/mol. The van der Waals surface area contributed by atoms with Crippen molar-refractivity contribution < 1.29 is 0 Å². The first kappa shape index (κ1) is 15.4. The fraction of sp³-hybridized carbons (Fsp3) is 0.143. The Morgan fingerprint density at radius 3 is 1.44 bits per heavy atom. The molecule has 25 heavy (non-hydrogen) atoms. The van der Waals surface area contributed by atoms with Gasteiger partial charge in [0.2, 0.25) is 0 Å². The van der Waals surface area contributed by atoms with Crippen LogP contribution in [-0.2, 0) is 5.41 Å². The molecule has 0 unspecified atom stereocenters. The summed E-state index contributed by atoms with van der Waals surface area (Å²) in [6.07, 6.45) is 3.76. The largest absolute Gasteiger partial charge is 0.341 e. The molecular weight excluding hydrogens is 308 g/mol. The number of imidazole rings is 2. The average Bonchev–Trinajstić information content (AvgIpc) is 3.34. The summed E-state index contributed by atoms with van der Waals surface area (Å²) in [5.74, 6) is 1.78.